The molecule has 1 aliphatic heterocycles. The molecule has 0 atom stereocenters. The molecule has 1 fully saturated rings. The first kappa shape index (κ1) is 15.4. The van der Waals surface area contributed by atoms with Crippen molar-refractivity contribution in [3.63, 3.8) is 0 Å². The summed E-state index contributed by atoms with van der Waals surface area (Å²) in [6.45, 7) is 4.96. The Labute approximate surface area is 127 Å². The summed E-state index contributed by atoms with van der Waals surface area (Å²) >= 11 is 12.2. The van der Waals surface area contributed by atoms with Gasteiger partial charge in [-0.2, -0.15) is 0 Å². The SMILES string of the molecule is CC1(CNc2c(Cl)cc([N+](=O)[O-])cc2Cl)CCNCC1. The third kappa shape index (κ3) is 3.53. The number of benzene rings is 1. The summed E-state index contributed by atoms with van der Waals surface area (Å²) in [5.41, 5.74) is 0.650. The van der Waals surface area contributed by atoms with Crippen molar-refractivity contribution < 1.29 is 4.92 Å². The molecular formula is C13H17Cl2N3O2. The Kier molecular flexibility index (Phi) is 4.73. The van der Waals surface area contributed by atoms with Gasteiger partial charge in [0.2, 0.25) is 0 Å². The number of nitro groups is 1. The van der Waals surface area contributed by atoms with Crippen LogP contribution < -0.4 is 10.6 Å². The number of nitro benzene ring substituents is 1. The minimum absolute atomic E-state index is 0.0985. The normalized spacial score (nSPS) is 17.8. The van der Waals surface area contributed by atoms with Gasteiger partial charge in [-0.05, 0) is 31.3 Å². The molecule has 1 aliphatic rings. The van der Waals surface area contributed by atoms with E-state index in [1.165, 1.54) is 12.1 Å². The second-order valence-electron chi connectivity index (χ2n) is 5.46. The number of anilines is 1. The Hall–Kier alpha value is -1.04. The van der Waals surface area contributed by atoms with Crippen LogP contribution in [0.3, 0.4) is 0 Å². The van der Waals surface area contributed by atoms with Crippen LogP contribution in [-0.4, -0.2) is 24.6 Å². The maximum absolute atomic E-state index is 10.7. The fraction of sp³-hybridized carbons (Fsp3) is 0.538. The van der Waals surface area contributed by atoms with Crippen LogP contribution in [0, 0.1) is 15.5 Å². The second-order valence-corrected chi connectivity index (χ2v) is 6.27. The summed E-state index contributed by atoms with van der Waals surface area (Å²) in [7, 11) is 0. The van der Waals surface area contributed by atoms with E-state index in [0.29, 0.717) is 5.69 Å². The summed E-state index contributed by atoms with van der Waals surface area (Å²) in [5.74, 6) is 0. The average molecular weight is 318 g/mol. The monoisotopic (exact) mass is 317 g/mol. The van der Waals surface area contributed by atoms with Crippen molar-refractivity contribution in [3.8, 4) is 0 Å². The number of rotatable bonds is 4. The molecule has 0 unspecified atom stereocenters. The molecule has 1 aromatic carbocycles. The van der Waals surface area contributed by atoms with Crippen molar-refractivity contribution in [2.75, 3.05) is 25.0 Å². The zero-order valence-electron chi connectivity index (χ0n) is 11.2. The number of nitrogens with one attached hydrogen (secondary N) is 2. The van der Waals surface area contributed by atoms with Gasteiger partial charge >= 0.3 is 0 Å². The molecule has 20 heavy (non-hydrogen) atoms. The predicted molar refractivity (Wildman–Crippen MR) is 81.8 cm³/mol. The van der Waals surface area contributed by atoms with Crippen molar-refractivity contribution in [2.24, 2.45) is 5.41 Å². The molecule has 7 heteroatoms. The lowest BCUT2D eigenvalue weighted by molar-refractivity contribution is -0.384. The van der Waals surface area contributed by atoms with Gasteiger partial charge in [0.25, 0.3) is 5.69 Å². The van der Waals surface area contributed by atoms with Crippen molar-refractivity contribution in [1.29, 1.82) is 0 Å². The van der Waals surface area contributed by atoms with Gasteiger partial charge in [-0.3, -0.25) is 10.1 Å². The van der Waals surface area contributed by atoms with Crippen LogP contribution in [0.2, 0.25) is 10.0 Å². The lowest BCUT2D eigenvalue weighted by Crippen LogP contribution is -2.39. The van der Waals surface area contributed by atoms with E-state index in [-0.39, 0.29) is 21.1 Å². The first-order chi connectivity index (χ1) is 9.41. The van der Waals surface area contributed by atoms with E-state index in [9.17, 15) is 10.1 Å². The fourth-order valence-electron chi connectivity index (χ4n) is 2.34. The van der Waals surface area contributed by atoms with E-state index in [2.05, 4.69) is 17.6 Å². The van der Waals surface area contributed by atoms with E-state index in [1.807, 2.05) is 0 Å². The molecular weight excluding hydrogens is 301 g/mol. The van der Waals surface area contributed by atoms with Crippen LogP contribution in [-0.2, 0) is 0 Å². The highest BCUT2D eigenvalue weighted by atomic mass is 35.5. The highest BCUT2D eigenvalue weighted by molar-refractivity contribution is 6.39. The molecule has 1 aromatic rings. The van der Waals surface area contributed by atoms with Crippen LogP contribution in [0.5, 0.6) is 0 Å². The summed E-state index contributed by atoms with van der Waals surface area (Å²) in [6, 6.07) is 2.64. The summed E-state index contributed by atoms with van der Waals surface area (Å²) < 4.78 is 0. The van der Waals surface area contributed by atoms with Gasteiger partial charge in [-0.15, -0.1) is 0 Å². The third-order valence-electron chi connectivity index (χ3n) is 3.74. The largest absolute Gasteiger partial charge is 0.382 e. The number of non-ortho nitro benzene ring substituents is 1. The molecule has 1 saturated heterocycles. The Morgan fingerprint density at radius 2 is 1.90 bits per heavy atom. The zero-order valence-corrected chi connectivity index (χ0v) is 12.7. The number of halogens is 2. The predicted octanol–water partition coefficient (Wildman–Crippen LogP) is 3.70. The second kappa shape index (κ2) is 6.16. The molecule has 0 radical (unpaired) electrons. The summed E-state index contributed by atoms with van der Waals surface area (Å²) in [4.78, 5) is 10.2. The Morgan fingerprint density at radius 1 is 1.35 bits per heavy atom. The van der Waals surface area contributed by atoms with E-state index in [1.54, 1.807) is 0 Å². The fourth-order valence-corrected chi connectivity index (χ4v) is 2.95. The average Bonchev–Trinajstić information content (AvgIpc) is 2.38. The maximum Gasteiger partial charge on any atom is 0.272 e. The number of piperidine rings is 1. The van der Waals surface area contributed by atoms with Crippen LogP contribution in [0.4, 0.5) is 11.4 Å². The molecule has 0 spiro atoms. The Balaban J connectivity index is 2.11. The van der Waals surface area contributed by atoms with Crippen LogP contribution >= 0.6 is 23.2 Å². The molecule has 2 N–H and O–H groups in total. The molecule has 110 valence electrons. The highest BCUT2D eigenvalue weighted by Crippen LogP contribution is 2.36. The number of hydrogen-bond acceptors (Lipinski definition) is 4. The minimum atomic E-state index is -0.504. The van der Waals surface area contributed by atoms with Gasteiger partial charge in [-0.25, -0.2) is 0 Å². The molecule has 0 bridgehead atoms. The first-order valence-corrected chi connectivity index (χ1v) is 7.25. The third-order valence-corrected chi connectivity index (χ3v) is 4.34. The first-order valence-electron chi connectivity index (χ1n) is 6.49. The van der Waals surface area contributed by atoms with Gasteiger partial charge in [0.05, 0.1) is 20.7 Å². The topological polar surface area (TPSA) is 67.2 Å². The number of nitrogens with zero attached hydrogens (tertiary/aromatic N) is 1. The van der Waals surface area contributed by atoms with Crippen LogP contribution in [0.25, 0.3) is 0 Å². The maximum atomic E-state index is 10.7. The van der Waals surface area contributed by atoms with E-state index >= 15 is 0 Å². The lowest BCUT2D eigenvalue weighted by Gasteiger charge is -2.34. The van der Waals surface area contributed by atoms with Gasteiger partial charge in [0.1, 0.15) is 0 Å². The van der Waals surface area contributed by atoms with Gasteiger partial charge in [-0.1, -0.05) is 30.1 Å². The van der Waals surface area contributed by atoms with Crippen molar-refractivity contribution in [1.82, 2.24) is 5.32 Å². The Morgan fingerprint density at radius 3 is 2.40 bits per heavy atom. The van der Waals surface area contributed by atoms with Gasteiger partial charge < -0.3 is 10.6 Å². The minimum Gasteiger partial charge on any atom is -0.382 e. The van der Waals surface area contributed by atoms with Gasteiger partial charge in [0.15, 0.2) is 0 Å². The van der Waals surface area contributed by atoms with Crippen LogP contribution in [0.1, 0.15) is 19.8 Å². The molecule has 0 aliphatic carbocycles. The van der Waals surface area contributed by atoms with E-state index in [4.69, 9.17) is 23.2 Å². The molecule has 0 amide bonds. The van der Waals surface area contributed by atoms with Crippen LogP contribution in [0.15, 0.2) is 12.1 Å². The van der Waals surface area contributed by atoms with E-state index in [0.717, 1.165) is 32.5 Å². The quantitative estimate of drug-likeness (QED) is 0.656. The molecule has 2 rings (SSSR count). The van der Waals surface area contributed by atoms with Crippen molar-refractivity contribution in [3.05, 3.63) is 32.3 Å². The van der Waals surface area contributed by atoms with Crippen molar-refractivity contribution >= 4 is 34.6 Å². The number of hydrogen-bond donors (Lipinski definition) is 2. The van der Waals surface area contributed by atoms with Gasteiger partial charge in [0, 0.05) is 18.7 Å². The molecule has 5 nitrogen and oxygen atoms in total. The summed E-state index contributed by atoms with van der Waals surface area (Å²) in [6.07, 6.45) is 2.14. The molecule has 0 aromatic heterocycles. The van der Waals surface area contributed by atoms with Crippen molar-refractivity contribution in [2.45, 2.75) is 19.8 Å². The smallest absolute Gasteiger partial charge is 0.272 e. The molecule has 1 heterocycles. The lowest BCUT2D eigenvalue weighted by atomic mass is 9.81. The zero-order chi connectivity index (χ0) is 14.8. The Bertz CT molecular complexity index is 493. The van der Waals surface area contributed by atoms with E-state index < -0.39 is 4.92 Å². The standard InChI is InChI=1S/C13H17Cl2N3O2/c1-13(2-4-16-5-3-13)8-17-12-10(14)6-9(18(19)20)7-11(12)15/h6-7,16-17H,2-5,8H2,1H3. The summed E-state index contributed by atoms with van der Waals surface area (Å²) in [5, 5.41) is 17.9. The molecule has 0 saturated carbocycles. The highest BCUT2D eigenvalue weighted by Gasteiger charge is 2.27.